The number of aryl methyl sites for hydroxylation is 2. The molecule has 0 aliphatic heterocycles. The van der Waals surface area contributed by atoms with E-state index in [1.54, 1.807) is 0 Å². The molecule has 0 unspecified atom stereocenters. The lowest BCUT2D eigenvalue weighted by molar-refractivity contribution is 0.303. The average Bonchev–Trinajstić information content (AvgIpc) is 2.40. The summed E-state index contributed by atoms with van der Waals surface area (Å²) >= 11 is 0. The number of hydrogen-bond donors (Lipinski definition) is 1. The van der Waals surface area contributed by atoms with Crippen LogP contribution in [0.1, 0.15) is 23.6 Å². The first kappa shape index (κ1) is 13.4. The van der Waals surface area contributed by atoms with Crippen LogP contribution >= 0.6 is 0 Å². The lowest BCUT2D eigenvalue weighted by Crippen LogP contribution is -2.01. The molecule has 1 aromatic heterocycles. The predicted molar refractivity (Wildman–Crippen MR) is 78.6 cm³/mol. The van der Waals surface area contributed by atoms with Crippen LogP contribution in [0.5, 0.6) is 5.75 Å². The van der Waals surface area contributed by atoms with Gasteiger partial charge in [0.1, 0.15) is 18.2 Å². The summed E-state index contributed by atoms with van der Waals surface area (Å²) in [6, 6.07) is 10.2. The molecule has 2 aromatic rings. The standard InChI is InChI=1S/C16H20N2O/c1-4-17-16-8-6-14(10-18-16)11-19-15-7-5-12(2)9-13(15)3/h5-10H,4,11H2,1-3H3,(H,17,18). The second-order valence-electron chi connectivity index (χ2n) is 4.64. The van der Waals surface area contributed by atoms with Gasteiger partial charge in [0.15, 0.2) is 0 Å². The van der Waals surface area contributed by atoms with E-state index in [-0.39, 0.29) is 0 Å². The summed E-state index contributed by atoms with van der Waals surface area (Å²) in [5.74, 6) is 1.83. The van der Waals surface area contributed by atoms with Crippen LogP contribution in [-0.2, 0) is 6.61 Å². The highest BCUT2D eigenvalue weighted by Gasteiger charge is 2.01. The van der Waals surface area contributed by atoms with Crippen LogP contribution in [0, 0.1) is 13.8 Å². The first-order valence-corrected chi connectivity index (χ1v) is 6.58. The Morgan fingerprint density at radius 3 is 2.63 bits per heavy atom. The van der Waals surface area contributed by atoms with Crippen LogP contribution in [-0.4, -0.2) is 11.5 Å². The van der Waals surface area contributed by atoms with Crippen molar-refractivity contribution in [2.45, 2.75) is 27.4 Å². The van der Waals surface area contributed by atoms with E-state index in [1.807, 2.05) is 24.4 Å². The minimum Gasteiger partial charge on any atom is -0.489 e. The van der Waals surface area contributed by atoms with Crippen LogP contribution in [0.15, 0.2) is 36.5 Å². The van der Waals surface area contributed by atoms with Gasteiger partial charge in [-0.3, -0.25) is 0 Å². The molecular formula is C16H20N2O. The van der Waals surface area contributed by atoms with Gasteiger partial charge in [0.05, 0.1) is 0 Å². The van der Waals surface area contributed by atoms with Crippen LogP contribution in [0.4, 0.5) is 5.82 Å². The normalized spacial score (nSPS) is 10.3. The lowest BCUT2D eigenvalue weighted by atomic mass is 10.1. The van der Waals surface area contributed by atoms with Crippen molar-refractivity contribution in [2.75, 3.05) is 11.9 Å². The molecule has 0 aliphatic rings. The second-order valence-corrected chi connectivity index (χ2v) is 4.64. The summed E-state index contributed by atoms with van der Waals surface area (Å²) in [6.07, 6.45) is 1.85. The van der Waals surface area contributed by atoms with Crippen LogP contribution in [0.25, 0.3) is 0 Å². The molecule has 0 atom stereocenters. The number of benzene rings is 1. The van der Waals surface area contributed by atoms with Gasteiger partial charge in [0, 0.05) is 18.3 Å². The van der Waals surface area contributed by atoms with E-state index in [4.69, 9.17) is 4.74 Å². The SMILES string of the molecule is CCNc1ccc(COc2ccc(C)cc2C)cn1. The summed E-state index contributed by atoms with van der Waals surface area (Å²) in [4.78, 5) is 4.33. The van der Waals surface area contributed by atoms with Gasteiger partial charge in [0.25, 0.3) is 0 Å². The first-order chi connectivity index (χ1) is 9.19. The van der Waals surface area contributed by atoms with Gasteiger partial charge in [-0.2, -0.15) is 0 Å². The maximum absolute atomic E-state index is 5.82. The number of nitrogens with one attached hydrogen (secondary N) is 1. The smallest absolute Gasteiger partial charge is 0.125 e. The van der Waals surface area contributed by atoms with E-state index in [0.29, 0.717) is 6.61 Å². The summed E-state index contributed by atoms with van der Waals surface area (Å²) in [6.45, 7) is 7.63. The van der Waals surface area contributed by atoms with E-state index >= 15 is 0 Å². The largest absolute Gasteiger partial charge is 0.489 e. The van der Waals surface area contributed by atoms with E-state index in [0.717, 1.165) is 29.2 Å². The molecular weight excluding hydrogens is 236 g/mol. The molecule has 0 spiro atoms. The molecule has 100 valence electrons. The van der Waals surface area contributed by atoms with E-state index in [1.165, 1.54) is 5.56 Å². The fourth-order valence-corrected chi connectivity index (χ4v) is 1.92. The number of hydrogen-bond acceptors (Lipinski definition) is 3. The molecule has 0 aliphatic carbocycles. The molecule has 0 saturated carbocycles. The predicted octanol–water partition coefficient (Wildman–Crippen LogP) is 3.71. The Kier molecular flexibility index (Phi) is 4.39. The van der Waals surface area contributed by atoms with Crippen LogP contribution in [0.3, 0.4) is 0 Å². The maximum Gasteiger partial charge on any atom is 0.125 e. The van der Waals surface area contributed by atoms with Crippen LogP contribution in [0.2, 0.25) is 0 Å². The zero-order valence-corrected chi connectivity index (χ0v) is 11.7. The van der Waals surface area contributed by atoms with Gasteiger partial charge >= 0.3 is 0 Å². The highest BCUT2D eigenvalue weighted by molar-refractivity contribution is 5.37. The van der Waals surface area contributed by atoms with Gasteiger partial charge in [-0.15, -0.1) is 0 Å². The Hall–Kier alpha value is -2.03. The van der Waals surface area contributed by atoms with Crippen molar-refractivity contribution in [2.24, 2.45) is 0 Å². The minimum absolute atomic E-state index is 0.545. The molecule has 2 rings (SSSR count). The Bertz CT molecular complexity index is 535. The van der Waals surface area contributed by atoms with Crippen molar-refractivity contribution < 1.29 is 4.74 Å². The minimum atomic E-state index is 0.545. The second kappa shape index (κ2) is 6.23. The molecule has 19 heavy (non-hydrogen) atoms. The third kappa shape index (κ3) is 3.71. The van der Waals surface area contributed by atoms with Gasteiger partial charge in [-0.1, -0.05) is 23.8 Å². The van der Waals surface area contributed by atoms with Crippen LogP contribution < -0.4 is 10.1 Å². The first-order valence-electron chi connectivity index (χ1n) is 6.58. The third-order valence-corrected chi connectivity index (χ3v) is 2.91. The monoisotopic (exact) mass is 256 g/mol. The van der Waals surface area contributed by atoms with Crippen molar-refractivity contribution in [3.8, 4) is 5.75 Å². The fraction of sp³-hybridized carbons (Fsp3) is 0.312. The molecule has 0 saturated heterocycles. The third-order valence-electron chi connectivity index (χ3n) is 2.91. The zero-order valence-electron chi connectivity index (χ0n) is 11.7. The molecule has 0 amide bonds. The highest BCUT2D eigenvalue weighted by Crippen LogP contribution is 2.20. The number of rotatable bonds is 5. The summed E-state index contributed by atoms with van der Waals surface area (Å²) in [5.41, 5.74) is 3.49. The molecule has 1 aromatic carbocycles. The number of aromatic nitrogens is 1. The Morgan fingerprint density at radius 1 is 1.16 bits per heavy atom. The maximum atomic E-state index is 5.82. The molecule has 0 fully saturated rings. The topological polar surface area (TPSA) is 34.1 Å². The molecule has 3 nitrogen and oxygen atoms in total. The van der Waals surface area contributed by atoms with Crippen molar-refractivity contribution in [3.05, 3.63) is 53.2 Å². The summed E-state index contributed by atoms with van der Waals surface area (Å²) in [7, 11) is 0. The highest BCUT2D eigenvalue weighted by atomic mass is 16.5. The molecule has 1 heterocycles. The van der Waals surface area contributed by atoms with E-state index in [9.17, 15) is 0 Å². The molecule has 0 bridgehead atoms. The summed E-state index contributed by atoms with van der Waals surface area (Å²) in [5, 5.41) is 3.17. The lowest BCUT2D eigenvalue weighted by Gasteiger charge is -2.10. The van der Waals surface area contributed by atoms with Crippen molar-refractivity contribution in [1.82, 2.24) is 4.98 Å². The number of anilines is 1. The van der Waals surface area contributed by atoms with Crippen molar-refractivity contribution in [3.63, 3.8) is 0 Å². The van der Waals surface area contributed by atoms with Gasteiger partial charge in [0.2, 0.25) is 0 Å². The number of ether oxygens (including phenoxy) is 1. The van der Waals surface area contributed by atoms with Crippen molar-refractivity contribution in [1.29, 1.82) is 0 Å². The quantitative estimate of drug-likeness (QED) is 0.885. The summed E-state index contributed by atoms with van der Waals surface area (Å²) < 4.78 is 5.82. The molecule has 1 N–H and O–H groups in total. The van der Waals surface area contributed by atoms with E-state index in [2.05, 4.69) is 43.2 Å². The molecule has 3 heteroatoms. The number of pyridine rings is 1. The van der Waals surface area contributed by atoms with E-state index < -0.39 is 0 Å². The van der Waals surface area contributed by atoms with Gasteiger partial charge in [-0.05, 0) is 38.5 Å². The fourth-order valence-electron chi connectivity index (χ4n) is 1.92. The Morgan fingerprint density at radius 2 is 2.00 bits per heavy atom. The Labute approximate surface area is 114 Å². The molecule has 0 radical (unpaired) electrons. The van der Waals surface area contributed by atoms with Gasteiger partial charge in [-0.25, -0.2) is 4.98 Å². The van der Waals surface area contributed by atoms with Gasteiger partial charge < -0.3 is 10.1 Å². The van der Waals surface area contributed by atoms with Crippen molar-refractivity contribution >= 4 is 5.82 Å². The Balaban J connectivity index is 1.98. The number of nitrogens with zero attached hydrogens (tertiary/aromatic N) is 1. The average molecular weight is 256 g/mol. The zero-order chi connectivity index (χ0) is 13.7.